The molecule has 0 aromatic heterocycles. The van der Waals surface area contributed by atoms with Crippen LogP contribution in [0.15, 0.2) is 78.9 Å². The van der Waals surface area contributed by atoms with Crippen LogP contribution in [-0.2, 0) is 17.8 Å². The lowest BCUT2D eigenvalue weighted by Gasteiger charge is -2.14. The third-order valence-corrected chi connectivity index (χ3v) is 4.99. The second-order valence-electron chi connectivity index (χ2n) is 7.65. The number of benzene rings is 3. The van der Waals surface area contributed by atoms with Crippen LogP contribution in [0.4, 0.5) is 5.69 Å². The first-order valence-corrected chi connectivity index (χ1v) is 10.4. The van der Waals surface area contributed by atoms with Crippen molar-refractivity contribution in [2.24, 2.45) is 0 Å². The number of carbonyl (C=O) groups excluding carboxylic acids is 1. The minimum atomic E-state index is -0.170. The van der Waals surface area contributed by atoms with Gasteiger partial charge in [-0.05, 0) is 62.1 Å². The molecule has 4 heteroatoms. The summed E-state index contributed by atoms with van der Waals surface area (Å²) in [5.41, 5.74) is 4.50. The standard InChI is InChI=1S/C26H30N2O2/c1-20-8-14-24(15-9-20)28-26(29)19-30-25-16-12-23(13-17-25)18-27-21(2)10-11-22-6-4-3-5-7-22/h3-9,12-17,21,27H,10-11,18-19H2,1-2H3,(H,28,29)/t21-/m0/s1. The van der Waals surface area contributed by atoms with E-state index in [-0.39, 0.29) is 12.5 Å². The number of aryl methyl sites for hydroxylation is 2. The molecule has 1 atom stereocenters. The van der Waals surface area contributed by atoms with Gasteiger partial charge in [0.2, 0.25) is 0 Å². The molecule has 0 saturated carbocycles. The molecule has 3 aromatic rings. The first-order chi connectivity index (χ1) is 14.6. The highest BCUT2D eigenvalue weighted by Gasteiger charge is 2.05. The molecule has 4 nitrogen and oxygen atoms in total. The zero-order valence-electron chi connectivity index (χ0n) is 17.7. The molecule has 3 rings (SSSR count). The summed E-state index contributed by atoms with van der Waals surface area (Å²) in [6, 6.07) is 26.6. The van der Waals surface area contributed by atoms with Gasteiger partial charge in [0.25, 0.3) is 5.91 Å². The van der Waals surface area contributed by atoms with Gasteiger partial charge in [-0.1, -0.05) is 60.2 Å². The van der Waals surface area contributed by atoms with Crippen molar-refractivity contribution in [1.82, 2.24) is 5.32 Å². The van der Waals surface area contributed by atoms with Gasteiger partial charge in [-0.3, -0.25) is 4.79 Å². The molecular weight excluding hydrogens is 372 g/mol. The van der Waals surface area contributed by atoms with E-state index in [1.165, 1.54) is 11.1 Å². The SMILES string of the molecule is Cc1ccc(NC(=O)COc2ccc(CN[C@@H](C)CCc3ccccc3)cc2)cc1. The summed E-state index contributed by atoms with van der Waals surface area (Å²) in [7, 11) is 0. The monoisotopic (exact) mass is 402 g/mol. The van der Waals surface area contributed by atoms with Crippen LogP contribution < -0.4 is 15.4 Å². The van der Waals surface area contributed by atoms with E-state index in [0.29, 0.717) is 11.8 Å². The topological polar surface area (TPSA) is 50.4 Å². The van der Waals surface area contributed by atoms with E-state index in [2.05, 4.69) is 47.9 Å². The van der Waals surface area contributed by atoms with E-state index >= 15 is 0 Å². The fourth-order valence-electron chi connectivity index (χ4n) is 3.11. The molecule has 0 spiro atoms. The zero-order valence-corrected chi connectivity index (χ0v) is 17.7. The molecule has 30 heavy (non-hydrogen) atoms. The molecule has 1 amide bonds. The van der Waals surface area contributed by atoms with Crippen molar-refractivity contribution in [2.45, 2.75) is 39.3 Å². The molecule has 156 valence electrons. The van der Waals surface area contributed by atoms with Gasteiger partial charge >= 0.3 is 0 Å². The average molecular weight is 403 g/mol. The molecule has 0 bridgehead atoms. The second-order valence-corrected chi connectivity index (χ2v) is 7.65. The Labute approximate surface area is 179 Å². The van der Waals surface area contributed by atoms with Crippen LogP contribution in [0.2, 0.25) is 0 Å². The largest absolute Gasteiger partial charge is 0.484 e. The predicted octanol–water partition coefficient (Wildman–Crippen LogP) is 5.12. The quantitative estimate of drug-likeness (QED) is 0.495. The third kappa shape index (κ3) is 7.37. The minimum absolute atomic E-state index is 0.0119. The van der Waals surface area contributed by atoms with E-state index in [1.807, 2.05) is 55.5 Å². The molecule has 3 aromatic carbocycles. The number of hydrogen-bond acceptors (Lipinski definition) is 3. The minimum Gasteiger partial charge on any atom is -0.484 e. The number of rotatable bonds is 10. The van der Waals surface area contributed by atoms with Crippen molar-refractivity contribution in [3.63, 3.8) is 0 Å². The van der Waals surface area contributed by atoms with Crippen molar-refractivity contribution in [2.75, 3.05) is 11.9 Å². The van der Waals surface area contributed by atoms with E-state index in [1.54, 1.807) is 0 Å². The van der Waals surface area contributed by atoms with Gasteiger partial charge in [0, 0.05) is 18.3 Å². The Bertz CT molecular complexity index is 906. The highest BCUT2D eigenvalue weighted by molar-refractivity contribution is 5.91. The van der Waals surface area contributed by atoms with E-state index in [9.17, 15) is 4.79 Å². The molecule has 0 radical (unpaired) electrons. The molecule has 0 aliphatic rings. The van der Waals surface area contributed by atoms with Crippen LogP contribution in [-0.4, -0.2) is 18.6 Å². The Morgan fingerprint density at radius 3 is 2.30 bits per heavy atom. The summed E-state index contributed by atoms with van der Waals surface area (Å²) in [6.07, 6.45) is 2.17. The summed E-state index contributed by atoms with van der Waals surface area (Å²) in [5.74, 6) is 0.520. The van der Waals surface area contributed by atoms with Crippen molar-refractivity contribution >= 4 is 11.6 Å². The number of nitrogens with one attached hydrogen (secondary N) is 2. The van der Waals surface area contributed by atoms with E-state index in [4.69, 9.17) is 4.74 Å². The fraction of sp³-hybridized carbons (Fsp3) is 0.269. The van der Waals surface area contributed by atoms with Gasteiger partial charge in [-0.15, -0.1) is 0 Å². The Morgan fingerprint density at radius 2 is 1.60 bits per heavy atom. The van der Waals surface area contributed by atoms with Crippen LogP contribution in [0.5, 0.6) is 5.75 Å². The van der Waals surface area contributed by atoms with E-state index in [0.717, 1.165) is 30.6 Å². The lowest BCUT2D eigenvalue weighted by molar-refractivity contribution is -0.118. The maximum Gasteiger partial charge on any atom is 0.262 e. The van der Waals surface area contributed by atoms with Crippen molar-refractivity contribution < 1.29 is 9.53 Å². The highest BCUT2D eigenvalue weighted by Crippen LogP contribution is 2.13. The Hall–Kier alpha value is -3.11. The summed E-state index contributed by atoms with van der Waals surface area (Å²) in [6.45, 7) is 5.03. The van der Waals surface area contributed by atoms with Gasteiger partial charge in [-0.25, -0.2) is 0 Å². The van der Waals surface area contributed by atoms with Crippen molar-refractivity contribution in [1.29, 1.82) is 0 Å². The predicted molar refractivity (Wildman–Crippen MR) is 123 cm³/mol. The second kappa shape index (κ2) is 11.2. The first kappa shape index (κ1) is 21.6. The highest BCUT2D eigenvalue weighted by atomic mass is 16.5. The third-order valence-electron chi connectivity index (χ3n) is 4.99. The number of anilines is 1. The van der Waals surface area contributed by atoms with Gasteiger partial charge in [0.05, 0.1) is 0 Å². The molecular formula is C26H30N2O2. The van der Waals surface area contributed by atoms with Crippen LogP contribution in [0.25, 0.3) is 0 Å². The summed E-state index contributed by atoms with van der Waals surface area (Å²) < 4.78 is 5.60. The van der Waals surface area contributed by atoms with Crippen molar-refractivity contribution in [3.05, 3.63) is 95.6 Å². The number of ether oxygens (including phenoxy) is 1. The fourth-order valence-corrected chi connectivity index (χ4v) is 3.11. The van der Waals surface area contributed by atoms with Crippen LogP contribution in [0, 0.1) is 6.92 Å². The van der Waals surface area contributed by atoms with Crippen LogP contribution >= 0.6 is 0 Å². The number of amides is 1. The Kier molecular flexibility index (Phi) is 8.04. The molecule has 0 fully saturated rings. The number of carbonyl (C=O) groups is 1. The zero-order chi connectivity index (χ0) is 21.2. The smallest absolute Gasteiger partial charge is 0.262 e. The lowest BCUT2D eigenvalue weighted by Crippen LogP contribution is -2.25. The van der Waals surface area contributed by atoms with Crippen LogP contribution in [0.3, 0.4) is 0 Å². The molecule has 0 heterocycles. The summed E-state index contributed by atoms with van der Waals surface area (Å²) in [4.78, 5) is 12.0. The van der Waals surface area contributed by atoms with E-state index < -0.39 is 0 Å². The first-order valence-electron chi connectivity index (χ1n) is 10.4. The molecule has 0 unspecified atom stereocenters. The molecule has 0 aliphatic carbocycles. The van der Waals surface area contributed by atoms with Crippen molar-refractivity contribution in [3.8, 4) is 5.75 Å². The Balaban J connectivity index is 1.36. The summed E-state index contributed by atoms with van der Waals surface area (Å²) >= 11 is 0. The maximum atomic E-state index is 12.0. The van der Waals surface area contributed by atoms with Gasteiger partial charge in [0.1, 0.15) is 5.75 Å². The molecule has 0 aliphatic heterocycles. The maximum absolute atomic E-state index is 12.0. The van der Waals surface area contributed by atoms with Gasteiger partial charge < -0.3 is 15.4 Å². The molecule has 2 N–H and O–H groups in total. The normalized spacial score (nSPS) is 11.7. The Morgan fingerprint density at radius 1 is 0.900 bits per heavy atom. The van der Waals surface area contributed by atoms with Gasteiger partial charge in [-0.2, -0.15) is 0 Å². The lowest BCUT2D eigenvalue weighted by atomic mass is 10.1. The average Bonchev–Trinajstić information content (AvgIpc) is 2.78. The van der Waals surface area contributed by atoms with Gasteiger partial charge in [0.15, 0.2) is 6.61 Å². The number of hydrogen-bond donors (Lipinski definition) is 2. The summed E-state index contributed by atoms with van der Waals surface area (Å²) in [5, 5.41) is 6.40. The van der Waals surface area contributed by atoms with Crippen LogP contribution in [0.1, 0.15) is 30.0 Å². The molecule has 0 saturated heterocycles.